The minimum Gasteiger partial charge on any atom is -0.324 e. The molecule has 0 N–H and O–H groups in total. The van der Waals surface area contributed by atoms with Crippen LogP contribution in [0.5, 0.6) is 0 Å². The lowest BCUT2D eigenvalue weighted by Crippen LogP contribution is -2.22. The van der Waals surface area contributed by atoms with Crippen molar-refractivity contribution >= 4 is 66.6 Å². The van der Waals surface area contributed by atoms with Gasteiger partial charge in [-0.15, -0.1) is 0 Å². The zero-order valence-electron chi connectivity index (χ0n) is 29.2. The zero-order valence-corrected chi connectivity index (χ0v) is 29.2. The molecule has 2 heterocycles. The molecule has 0 bridgehead atoms. The van der Waals surface area contributed by atoms with Crippen LogP contribution in [-0.4, -0.2) is 9.13 Å². The van der Waals surface area contributed by atoms with Gasteiger partial charge in [-0.3, -0.25) is 0 Å². The van der Waals surface area contributed by atoms with Gasteiger partial charge >= 0.3 is 0 Å². The summed E-state index contributed by atoms with van der Waals surface area (Å²) < 4.78 is 4.52. The van der Waals surface area contributed by atoms with Crippen LogP contribution in [0.2, 0.25) is 0 Å². The van der Waals surface area contributed by atoms with Gasteiger partial charge in [0.05, 0.1) is 35.1 Å². The molecule has 53 heavy (non-hydrogen) atoms. The second kappa shape index (κ2) is 13.2. The van der Waals surface area contributed by atoms with Crippen molar-refractivity contribution in [2.45, 2.75) is 19.3 Å². The third-order valence-corrected chi connectivity index (χ3v) is 10.5. The molecule has 6 aromatic carbocycles. The standard InChI is InChI=1S/C48H35N5/c1-33(36(31-49)30-40(32-50-2)53-47-21-11-7-17-43(47)44-18-8-12-22-48(44)53)51(39-24-23-34-13-3-4-14-35(34)29-39)37-25-27-38(28-26-37)52-45-19-9-5-15-41(45)42-16-6-10-20-46(42)52/h3-9,11-19,21-29,32,36H,1,10,20,30H2/b40-32-. The SMILES string of the molecule is [C-]#[N+]/C=C(/CC(C#N)C(=C)N(c1ccc(-n2c3c(c4ccccc42)C=CCC3)cc1)c1ccc2ccccc2c1)n1c2ccccc2c2ccccc21. The van der Waals surface area contributed by atoms with Gasteiger partial charge in [-0.05, 0) is 84.6 Å². The van der Waals surface area contributed by atoms with Crippen LogP contribution in [0.3, 0.4) is 0 Å². The highest BCUT2D eigenvalue weighted by Gasteiger charge is 2.25. The van der Waals surface area contributed by atoms with Crippen molar-refractivity contribution in [2.24, 2.45) is 5.92 Å². The monoisotopic (exact) mass is 681 g/mol. The first-order chi connectivity index (χ1) is 26.1. The summed E-state index contributed by atoms with van der Waals surface area (Å²) in [5.41, 5.74) is 10.1. The fraction of sp³-hybridized carbons (Fsp3) is 0.0833. The Morgan fingerprint density at radius 1 is 0.774 bits per heavy atom. The summed E-state index contributed by atoms with van der Waals surface area (Å²) in [5, 5.41) is 16.6. The van der Waals surface area contributed by atoms with E-state index in [2.05, 4.69) is 147 Å². The molecular formula is C48H35N5. The number of nitriles is 1. The lowest BCUT2D eigenvalue weighted by atomic mass is 9.98. The molecule has 0 fully saturated rings. The van der Waals surface area contributed by atoms with E-state index in [-0.39, 0.29) is 0 Å². The lowest BCUT2D eigenvalue weighted by Gasteiger charge is -2.31. The van der Waals surface area contributed by atoms with E-state index in [0.717, 1.165) is 68.2 Å². The number of benzene rings is 6. The van der Waals surface area contributed by atoms with Gasteiger partial charge in [-0.25, -0.2) is 4.85 Å². The number of rotatable bonds is 8. The number of fused-ring (bicyclic) bond motifs is 7. The number of para-hydroxylation sites is 3. The van der Waals surface area contributed by atoms with Crippen LogP contribution in [0.15, 0.2) is 164 Å². The molecule has 5 heteroatoms. The van der Waals surface area contributed by atoms with Crippen molar-refractivity contribution < 1.29 is 0 Å². The van der Waals surface area contributed by atoms with E-state index >= 15 is 0 Å². The highest BCUT2D eigenvalue weighted by molar-refractivity contribution is 6.10. The number of hydrogen-bond donors (Lipinski definition) is 0. The Bertz CT molecular complexity index is 2810. The summed E-state index contributed by atoms with van der Waals surface area (Å²) in [7, 11) is 0. The summed E-state index contributed by atoms with van der Waals surface area (Å²) >= 11 is 0. The molecule has 0 aliphatic heterocycles. The molecular weight excluding hydrogens is 647 g/mol. The predicted octanol–water partition coefficient (Wildman–Crippen LogP) is 12.5. The molecule has 0 saturated carbocycles. The van der Waals surface area contributed by atoms with Crippen LogP contribution in [0, 0.1) is 23.8 Å². The molecule has 1 atom stereocenters. The fourth-order valence-electron chi connectivity index (χ4n) is 8.12. The van der Waals surface area contributed by atoms with Gasteiger partial charge in [-0.1, -0.05) is 104 Å². The van der Waals surface area contributed by atoms with Crippen LogP contribution in [0.25, 0.3) is 65.8 Å². The van der Waals surface area contributed by atoms with Crippen LogP contribution >= 0.6 is 0 Å². The van der Waals surface area contributed by atoms with E-state index in [1.807, 2.05) is 36.4 Å². The summed E-state index contributed by atoms with van der Waals surface area (Å²) in [4.78, 5) is 5.85. The van der Waals surface area contributed by atoms with Crippen molar-refractivity contribution in [2.75, 3.05) is 4.90 Å². The summed E-state index contributed by atoms with van der Waals surface area (Å²) in [6.07, 6.45) is 8.39. The van der Waals surface area contributed by atoms with Crippen LogP contribution < -0.4 is 4.90 Å². The van der Waals surface area contributed by atoms with Gasteiger partial charge in [0, 0.05) is 55.9 Å². The number of aromatic nitrogens is 2. The summed E-state index contributed by atoms with van der Waals surface area (Å²) in [5.74, 6) is -0.638. The van der Waals surface area contributed by atoms with Crippen LogP contribution in [0.4, 0.5) is 11.4 Å². The molecule has 5 nitrogen and oxygen atoms in total. The summed E-state index contributed by atoms with van der Waals surface area (Å²) in [6, 6.07) is 51.0. The molecule has 0 saturated heterocycles. The first-order valence-corrected chi connectivity index (χ1v) is 18.0. The van der Waals surface area contributed by atoms with Crippen LogP contribution in [0.1, 0.15) is 24.1 Å². The maximum Gasteiger partial charge on any atom is 0.173 e. The van der Waals surface area contributed by atoms with Crippen molar-refractivity contribution in [1.82, 2.24) is 9.13 Å². The van der Waals surface area contributed by atoms with Crippen molar-refractivity contribution in [3.8, 4) is 11.8 Å². The fourth-order valence-corrected chi connectivity index (χ4v) is 8.12. The summed E-state index contributed by atoms with van der Waals surface area (Å²) in [6.45, 7) is 12.5. The van der Waals surface area contributed by atoms with Gasteiger partial charge in [0.1, 0.15) is 0 Å². The van der Waals surface area contributed by atoms with E-state index in [4.69, 9.17) is 6.57 Å². The molecule has 0 spiro atoms. The maximum atomic E-state index is 10.9. The lowest BCUT2D eigenvalue weighted by molar-refractivity contribution is 0.763. The normalized spacial score (nSPS) is 13.2. The third kappa shape index (κ3) is 5.39. The molecule has 0 amide bonds. The smallest absolute Gasteiger partial charge is 0.173 e. The highest BCUT2D eigenvalue weighted by atomic mass is 15.2. The van der Waals surface area contributed by atoms with Gasteiger partial charge in [-0.2, -0.15) is 5.26 Å². The maximum absolute atomic E-state index is 10.9. The number of nitrogens with zero attached hydrogens (tertiary/aromatic N) is 5. The molecule has 252 valence electrons. The van der Waals surface area contributed by atoms with Crippen molar-refractivity contribution in [1.29, 1.82) is 5.26 Å². The highest BCUT2D eigenvalue weighted by Crippen LogP contribution is 2.40. The minimum atomic E-state index is -0.638. The van der Waals surface area contributed by atoms with E-state index in [0.29, 0.717) is 12.1 Å². The Morgan fingerprint density at radius 3 is 2.09 bits per heavy atom. The first kappa shape index (κ1) is 31.9. The van der Waals surface area contributed by atoms with E-state index in [1.165, 1.54) is 22.2 Å². The second-order valence-corrected chi connectivity index (χ2v) is 13.5. The third-order valence-electron chi connectivity index (χ3n) is 10.5. The first-order valence-electron chi connectivity index (χ1n) is 18.0. The van der Waals surface area contributed by atoms with Gasteiger partial charge in [0.25, 0.3) is 0 Å². The Labute approximate surface area is 308 Å². The molecule has 1 aliphatic carbocycles. The Balaban J connectivity index is 1.14. The largest absolute Gasteiger partial charge is 0.324 e. The number of allylic oxidation sites excluding steroid dienone is 3. The van der Waals surface area contributed by atoms with Gasteiger partial charge in [0.2, 0.25) is 0 Å². The topological polar surface area (TPSA) is 41.2 Å². The van der Waals surface area contributed by atoms with E-state index < -0.39 is 5.92 Å². The molecule has 0 radical (unpaired) electrons. The minimum absolute atomic E-state index is 0.303. The van der Waals surface area contributed by atoms with Gasteiger partial charge in [0.15, 0.2) is 6.20 Å². The molecule has 9 rings (SSSR count). The van der Waals surface area contributed by atoms with E-state index in [1.54, 1.807) is 6.20 Å². The number of hydrogen-bond acceptors (Lipinski definition) is 2. The molecule has 2 aromatic heterocycles. The van der Waals surface area contributed by atoms with E-state index in [9.17, 15) is 5.26 Å². The number of anilines is 2. The Kier molecular flexibility index (Phi) is 7.96. The zero-order chi connectivity index (χ0) is 35.9. The molecule has 8 aromatic rings. The average Bonchev–Trinajstić information content (AvgIpc) is 3.73. The second-order valence-electron chi connectivity index (χ2n) is 13.5. The molecule has 1 unspecified atom stereocenters. The quantitative estimate of drug-likeness (QED) is 0.150. The predicted molar refractivity (Wildman–Crippen MR) is 220 cm³/mol. The Hall–Kier alpha value is -7.08. The van der Waals surface area contributed by atoms with Crippen LogP contribution in [-0.2, 0) is 6.42 Å². The van der Waals surface area contributed by atoms with Crippen molar-refractivity contribution in [3.63, 3.8) is 0 Å². The molecule has 1 aliphatic rings. The Morgan fingerprint density at radius 2 is 1.40 bits per heavy atom. The average molecular weight is 682 g/mol. The van der Waals surface area contributed by atoms with Crippen molar-refractivity contribution in [3.05, 3.63) is 187 Å². The van der Waals surface area contributed by atoms with Gasteiger partial charge < -0.3 is 14.0 Å².